The second kappa shape index (κ2) is 7.56. The lowest BCUT2D eigenvalue weighted by Crippen LogP contribution is -2.29. The average Bonchev–Trinajstić information content (AvgIpc) is 2.53. The molecule has 0 aliphatic rings. The molecule has 0 radical (unpaired) electrons. The van der Waals surface area contributed by atoms with Crippen LogP contribution < -0.4 is 4.72 Å². The number of sulfonamides is 1. The highest BCUT2D eigenvalue weighted by molar-refractivity contribution is 7.92. The number of aliphatic hydroxyl groups excluding tert-OH is 1. The van der Waals surface area contributed by atoms with Crippen LogP contribution in [0.15, 0.2) is 60.0 Å². The Labute approximate surface area is 135 Å². The molecule has 0 bridgehead atoms. The van der Waals surface area contributed by atoms with Crippen LogP contribution in [0.5, 0.6) is 0 Å². The predicted molar refractivity (Wildman–Crippen MR) is 88.8 cm³/mol. The summed E-state index contributed by atoms with van der Waals surface area (Å²) in [4.78, 5) is 0. The Morgan fingerprint density at radius 1 is 1.09 bits per heavy atom. The van der Waals surface area contributed by atoms with Crippen LogP contribution in [-0.4, -0.2) is 20.1 Å². The van der Waals surface area contributed by atoms with Crippen LogP contribution in [0.25, 0.3) is 6.08 Å². The summed E-state index contributed by atoms with van der Waals surface area (Å²) < 4.78 is 26.7. The zero-order valence-corrected chi connectivity index (χ0v) is 13.3. The van der Waals surface area contributed by atoms with Gasteiger partial charge in [0, 0.05) is 10.4 Å². The van der Waals surface area contributed by atoms with Crippen LogP contribution >= 0.6 is 11.6 Å². The molecule has 116 valence electrons. The first-order valence-corrected chi connectivity index (χ1v) is 8.55. The van der Waals surface area contributed by atoms with Gasteiger partial charge >= 0.3 is 0 Å². The molecule has 6 heteroatoms. The predicted octanol–water partition coefficient (Wildman–Crippen LogP) is 2.96. The molecular weight excluding hydrogens is 322 g/mol. The summed E-state index contributed by atoms with van der Waals surface area (Å²) in [5, 5.41) is 10.9. The van der Waals surface area contributed by atoms with E-state index in [1.54, 1.807) is 48.5 Å². The first-order valence-electron chi connectivity index (χ1n) is 6.62. The van der Waals surface area contributed by atoms with Gasteiger partial charge in [-0.05, 0) is 23.3 Å². The third-order valence-corrected chi connectivity index (χ3v) is 4.47. The van der Waals surface area contributed by atoms with Crippen LogP contribution in [0.1, 0.15) is 17.2 Å². The van der Waals surface area contributed by atoms with E-state index >= 15 is 0 Å². The highest BCUT2D eigenvalue weighted by Gasteiger charge is 2.16. The van der Waals surface area contributed by atoms with Gasteiger partial charge in [0.05, 0.1) is 12.6 Å². The molecule has 0 saturated heterocycles. The topological polar surface area (TPSA) is 66.4 Å². The van der Waals surface area contributed by atoms with Gasteiger partial charge in [-0.2, -0.15) is 0 Å². The Balaban J connectivity index is 2.15. The van der Waals surface area contributed by atoms with Crippen molar-refractivity contribution in [3.05, 3.63) is 76.2 Å². The number of aliphatic hydroxyl groups is 1. The van der Waals surface area contributed by atoms with E-state index < -0.39 is 16.1 Å². The van der Waals surface area contributed by atoms with Crippen LogP contribution in [0.2, 0.25) is 5.02 Å². The quantitative estimate of drug-likeness (QED) is 0.851. The van der Waals surface area contributed by atoms with Crippen LogP contribution in [0.4, 0.5) is 0 Å². The van der Waals surface area contributed by atoms with Gasteiger partial charge in [0.2, 0.25) is 10.0 Å². The van der Waals surface area contributed by atoms with E-state index in [9.17, 15) is 13.5 Å². The molecule has 0 amide bonds. The second-order valence-corrected chi connectivity index (χ2v) is 6.64. The molecule has 0 spiro atoms. The molecule has 22 heavy (non-hydrogen) atoms. The minimum Gasteiger partial charge on any atom is -0.394 e. The smallest absolute Gasteiger partial charge is 0.234 e. The molecule has 0 heterocycles. The van der Waals surface area contributed by atoms with E-state index in [1.807, 2.05) is 6.07 Å². The molecule has 2 N–H and O–H groups in total. The van der Waals surface area contributed by atoms with Gasteiger partial charge in [0.25, 0.3) is 0 Å². The average molecular weight is 338 g/mol. The Morgan fingerprint density at radius 3 is 2.36 bits per heavy atom. The molecule has 4 nitrogen and oxygen atoms in total. The van der Waals surface area contributed by atoms with Crippen molar-refractivity contribution in [2.75, 3.05) is 6.61 Å². The lowest BCUT2D eigenvalue weighted by atomic mass is 10.1. The molecule has 0 saturated carbocycles. The molecule has 2 rings (SSSR count). The summed E-state index contributed by atoms with van der Waals surface area (Å²) >= 11 is 5.98. The van der Waals surface area contributed by atoms with Crippen molar-refractivity contribution in [2.45, 2.75) is 6.04 Å². The van der Waals surface area contributed by atoms with Crippen LogP contribution in [0, 0.1) is 0 Å². The van der Waals surface area contributed by atoms with Gasteiger partial charge in [-0.3, -0.25) is 0 Å². The van der Waals surface area contributed by atoms with Gasteiger partial charge in [-0.15, -0.1) is 0 Å². The Morgan fingerprint density at radius 2 is 1.73 bits per heavy atom. The molecule has 0 fully saturated rings. The van der Waals surface area contributed by atoms with Gasteiger partial charge in [0.1, 0.15) is 0 Å². The second-order valence-electron chi connectivity index (χ2n) is 4.63. The molecule has 0 aliphatic carbocycles. The van der Waals surface area contributed by atoms with Crippen molar-refractivity contribution in [2.24, 2.45) is 0 Å². The van der Waals surface area contributed by atoms with Crippen molar-refractivity contribution >= 4 is 27.7 Å². The number of halogens is 1. The van der Waals surface area contributed by atoms with Gasteiger partial charge < -0.3 is 5.11 Å². The number of hydrogen-bond acceptors (Lipinski definition) is 3. The first-order chi connectivity index (χ1) is 10.5. The molecule has 0 aliphatic heterocycles. The van der Waals surface area contributed by atoms with Crippen LogP contribution in [0.3, 0.4) is 0 Å². The summed E-state index contributed by atoms with van der Waals surface area (Å²) in [7, 11) is -3.71. The van der Waals surface area contributed by atoms with E-state index in [0.717, 1.165) is 5.41 Å². The largest absolute Gasteiger partial charge is 0.394 e. The Kier molecular flexibility index (Phi) is 5.74. The minimum atomic E-state index is -3.71. The van der Waals surface area contributed by atoms with Gasteiger partial charge in [-0.1, -0.05) is 60.1 Å². The van der Waals surface area contributed by atoms with E-state index in [4.69, 9.17) is 11.6 Å². The molecule has 2 aromatic carbocycles. The fourth-order valence-corrected chi connectivity index (χ4v) is 3.12. The van der Waals surface area contributed by atoms with Crippen molar-refractivity contribution < 1.29 is 13.5 Å². The molecule has 1 unspecified atom stereocenters. The number of benzene rings is 2. The molecule has 1 atom stereocenters. The zero-order valence-electron chi connectivity index (χ0n) is 11.7. The lowest BCUT2D eigenvalue weighted by molar-refractivity contribution is 0.259. The fraction of sp³-hybridized carbons (Fsp3) is 0.125. The van der Waals surface area contributed by atoms with Crippen molar-refractivity contribution in [3.63, 3.8) is 0 Å². The van der Waals surface area contributed by atoms with E-state index in [1.165, 1.54) is 6.08 Å². The highest BCUT2D eigenvalue weighted by atomic mass is 35.5. The number of hydrogen-bond donors (Lipinski definition) is 2. The van der Waals surface area contributed by atoms with E-state index in [-0.39, 0.29) is 6.61 Å². The summed E-state index contributed by atoms with van der Waals surface area (Å²) in [6, 6.07) is 15.1. The Bertz CT molecular complexity index is 745. The van der Waals surface area contributed by atoms with Crippen LogP contribution in [-0.2, 0) is 10.0 Å². The Hall–Kier alpha value is -1.66. The SMILES string of the molecule is O=S(=O)(/C=C/c1ccccc1Cl)NC(CO)c1ccccc1. The molecular formula is C16H16ClNO3S. The lowest BCUT2D eigenvalue weighted by Gasteiger charge is -2.15. The van der Waals surface area contributed by atoms with E-state index in [2.05, 4.69) is 4.72 Å². The first kappa shape index (κ1) is 16.7. The van der Waals surface area contributed by atoms with Gasteiger partial charge in [0.15, 0.2) is 0 Å². The normalized spacial score (nSPS) is 13.4. The monoisotopic (exact) mass is 337 g/mol. The summed E-state index contributed by atoms with van der Waals surface area (Å²) in [6.45, 7) is -0.330. The third kappa shape index (κ3) is 4.68. The van der Waals surface area contributed by atoms with Crippen molar-refractivity contribution in [1.82, 2.24) is 4.72 Å². The van der Waals surface area contributed by atoms with Crippen molar-refractivity contribution in [3.8, 4) is 0 Å². The molecule has 2 aromatic rings. The number of nitrogens with one attached hydrogen (secondary N) is 1. The third-order valence-electron chi connectivity index (χ3n) is 3.02. The summed E-state index contributed by atoms with van der Waals surface area (Å²) in [5.41, 5.74) is 1.30. The van der Waals surface area contributed by atoms with E-state index in [0.29, 0.717) is 16.1 Å². The number of rotatable bonds is 6. The van der Waals surface area contributed by atoms with Gasteiger partial charge in [-0.25, -0.2) is 13.1 Å². The summed E-state index contributed by atoms with van der Waals surface area (Å²) in [5.74, 6) is 0. The standard InChI is InChI=1S/C16H16ClNO3S/c17-15-9-5-4-6-13(15)10-11-22(20,21)18-16(12-19)14-7-2-1-3-8-14/h1-11,16,18-19H,12H2/b11-10+. The maximum Gasteiger partial charge on any atom is 0.234 e. The summed E-state index contributed by atoms with van der Waals surface area (Å²) in [6.07, 6.45) is 1.42. The maximum atomic E-state index is 12.1. The zero-order chi connectivity index (χ0) is 16.0. The maximum absolute atomic E-state index is 12.1. The minimum absolute atomic E-state index is 0.330. The van der Waals surface area contributed by atoms with Crippen molar-refractivity contribution in [1.29, 1.82) is 0 Å². The molecule has 0 aromatic heterocycles. The highest BCUT2D eigenvalue weighted by Crippen LogP contribution is 2.18. The fourth-order valence-electron chi connectivity index (χ4n) is 1.91.